The zero-order valence-electron chi connectivity index (χ0n) is 16.5. The summed E-state index contributed by atoms with van der Waals surface area (Å²) in [6, 6.07) is 24.3. The second-order valence-electron chi connectivity index (χ2n) is 7.62. The van der Waals surface area contributed by atoms with E-state index in [9.17, 15) is 4.79 Å². The van der Waals surface area contributed by atoms with E-state index in [1.54, 1.807) is 6.33 Å². The number of fused-ring (bicyclic) bond motifs is 1. The number of amides is 1. The van der Waals surface area contributed by atoms with Gasteiger partial charge in [0.1, 0.15) is 12.1 Å². The van der Waals surface area contributed by atoms with E-state index in [0.717, 1.165) is 33.4 Å². The maximum atomic E-state index is 12.3. The van der Waals surface area contributed by atoms with E-state index >= 15 is 0 Å². The molecule has 3 aromatic carbocycles. The van der Waals surface area contributed by atoms with Crippen LogP contribution in [0.25, 0.3) is 22.0 Å². The third kappa shape index (κ3) is 4.01. The molecule has 0 spiro atoms. The fourth-order valence-corrected chi connectivity index (χ4v) is 3.51. The number of aromatic nitrogens is 2. The molecule has 0 atom stereocenters. The standard InChI is InChI=1S/C25H22N4O/c30-25(18-6-2-1-3-7-18)26-15-17-5-4-8-19(13-17)20-9-12-23-22(14-20)24(28-16-27-23)29-21-10-11-21/h1-9,12-14,16,21H,10-11,15H2,(H,26,30)(H,27,28,29). The van der Waals surface area contributed by atoms with Crippen LogP contribution in [0.4, 0.5) is 5.82 Å². The minimum Gasteiger partial charge on any atom is -0.367 e. The Morgan fingerprint density at radius 1 is 0.900 bits per heavy atom. The molecule has 1 amide bonds. The number of nitrogens with zero attached hydrogens (tertiary/aromatic N) is 2. The van der Waals surface area contributed by atoms with Crippen LogP contribution in [-0.4, -0.2) is 21.9 Å². The van der Waals surface area contributed by atoms with Gasteiger partial charge in [-0.1, -0.05) is 42.5 Å². The van der Waals surface area contributed by atoms with Crippen molar-refractivity contribution in [2.24, 2.45) is 0 Å². The van der Waals surface area contributed by atoms with Crippen molar-refractivity contribution in [3.63, 3.8) is 0 Å². The molecule has 1 heterocycles. The lowest BCUT2D eigenvalue weighted by atomic mass is 10.0. The average Bonchev–Trinajstić information content (AvgIpc) is 3.62. The number of nitrogens with one attached hydrogen (secondary N) is 2. The minimum atomic E-state index is -0.0698. The van der Waals surface area contributed by atoms with E-state index in [2.05, 4.69) is 44.9 Å². The third-order valence-electron chi connectivity index (χ3n) is 5.30. The lowest BCUT2D eigenvalue weighted by Crippen LogP contribution is -2.22. The first-order valence-electron chi connectivity index (χ1n) is 10.2. The molecular formula is C25H22N4O. The first-order valence-corrected chi connectivity index (χ1v) is 10.2. The van der Waals surface area contributed by atoms with E-state index in [-0.39, 0.29) is 5.91 Å². The largest absolute Gasteiger partial charge is 0.367 e. The van der Waals surface area contributed by atoms with Crippen LogP contribution in [0, 0.1) is 0 Å². The number of benzene rings is 3. The molecule has 1 fully saturated rings. The van der Waals surface area contributed by atoms with Gasteiger partial charge in [0.25, 0.3) is 5.91 Å². The van der Waals surface area contributed by atoms with Crippen molar-refractivity contribution >= 4 is 22.6 Å². The molecule has 148 valence electrons. The molecule has 0 unspecified atom stereocenters. The van der Waals surface area contributed by atoms with Crippen molar-refractivity contribution in [1.82, 2.24) is 15.3 Å². The Balaban J connectivity index is 1.38. The fraction of sp³-hybridized carbons (Fsp3) is 0.160. The molecule has 4 aromatic rings. The van der Waals surface area contributed by atoms with Crippen LogP contribution >= 0.6 is 0 Å². The smallest absolute Gasteiger partial charge is 0.251 e. The second kappa shape index (κ2) is 7.95. The topological polar surface area (TPSA) is 66.9 Å². The van der Waals surface area contributed by atoms with Gasteiger partial charge < -0.3 is 10.6 Å². The first-order chi connectivity index (χ1) is 14.8. The van der Waals surface area contributed by atoms with Crippen LogP contribution in [0.15, 0.2) is 79.1 Å². The molecule has 1 aliphatic carbocycles. The lowest BCUT2D eigenvalue weighted by molar-refractivity contribution is 0.0951. The van der Waals surface area contributed by atoms with Gasteiger partial charge in [-0.15, -0.1) is 0 Å². The Bertz CT molecular complexity index is 1200. The van der Waals surface area contributed by atoms with Crippen molar-refractivity contribution in [1.29, 1.82) is 0 Å². The van der Waals surface area contributed by atoms with Gasteiger partial charge in [0.05, 0.1) is 5.52 Å². The number of hydrogen-bond donors (Lipinski definition) is 2. The molecule has 1 saturated carbocycles. The van der Waals surface area contributed by atoms with E-state index in [0.29, 0.717) is 18.2 Å². The highest BCUT2D eigenvalue weighted by molar-refractivity contribution is 5.94. The summed E-state index contributed by atoms with van der Waals surface area (Å²) in [4.78, 5) is 21.2. The van der Waals surface area contributed by atoms with Crippen LogP contribution in [0.1, 0.15) is 28.8 Å². The quantitative estimate of drug-likeness (QED) is 0.493. The summed E-state index contributed by atoms with van der Waals surface area (Å²) in [5.74, 6) is 0.829. The zero-order valence-corrected chi connectivity index (χ0v) is 16.5. The molecule has 0 saturated heterocycles. The fourth-order valence-electron chi connectivity index (χ4n) is 3.51. The minimum absolute atomic E-state index is 0.0698. The summed E-state index contributed by atoms with van der Waals surface area (Å²) in [5.41, 5.74) is 4.86. The highest BCUT2D eigenvalue weighted by Crippen LogP contribution is 2.30. The summed E-state index contributed by atoms with van der Waals surface area (Å²) < 4.78 is 0. The lowest BCUT2D eigenvalue weighted by Gasteiger charge is -2.10. The van der Waals surface area contributed by atoms with Gasteiger partial charge in [0, 0.05) is 23.5 Å². The van der Waals surface area contributed by atoms with Gasteiger partial charge in [0.15, 0.2) is 0 Å². The van der Waals surface area contributed by atoms with E-state index in [1.165, 1.54) is 12.8 Å². The number of hydrogen-bond acceptors (Lipinski definition) is 4. The Labute approximate surface area is 175 Å². The molecule has 1 aromatic heterocycles. The molecular weight excluding hydrogens is 372 g/mol. The van der Waals surface area contributed by atoms with Crippen LogP contribution in [0.5, 0.6) is 0 Å². The number of carbonyl (C=O) groups excluding carboxylic acids is 1. The Morgan fingerprint density at radius 3 is 2.57 bits per heavy atom. The van der Waals surface area contributed by atoms with Crippen molar-refractivity contribution in [2.45, 2.75) is 25.4 Å². The molecule has 1 aliphatic rings. The zero-order chi connectivity index (χ0) is 20.3. The van der Waals surface area contributed by atoms with Crippen molar-refractivity contribution in [2.75, 3.05) is 5.32 Å². The average molecular weight is 394 g/mol. The predicted octanol–water partition coefficient (Wildman–Crippen LogP) is 4.80. The Hall–Kier alpha value is -3.73. The summed E-state index contributed by atoms with van der Waals surface area (Å²) in [5, 5.41) is 7.52. The van der Waals surface area contributed by atoms with Gasteiger partial charge in [0.2, 0.25) is 0 Å². The van der Waals surface area contributed by atoms with Gasteiger partial charge in [-0.25, -0.2) is 9.97 Å². The van der Waals surface area contributed by atoms with Gasteiger partial charge in [-0.3, -0.25) is 4.79 Å². The normalized spacial score (nSPS) is 13.2. The molecule has 30 heavy (non-hydrogen) atoms. The Kier molecular flexibility index (Phi) is 4.85. The van der Waals surface area contributed by atoms with Gasteiger partial charge in [-0.05, 0) is 59.9 Å². The molecule has 0 bridgehead atoms. The van der Waals surface area contributed by atoms with Crippen LogP contribution in [0.3, 0.4) is 0 Å². The monoisotopic (exact) mass is 394 g/mol. The Morgan fingerprint density at radius 2 is 1.73 bits per heavy atom. The van der Waals surface area contributed by atoms with Crippen molar-refractivity contribution < 1.29 is 4.79 Å². The predicted molar refractivity (Wildman–Crippen MR) is 119 cm³/mol. The van der Waals surface area contributed by atoms with E-state index in [1.807, 2.05) is 48.5 Å². The van der Waals surface area contributed by atoms with Crippen molar-refractivity contribution in [3.05, 3.63) is 90.3 Å². The summed E-state index contributed by atoms with van der Waals surface area (Å²) in [6.07, 6.45) is 4.01. The number of carbonyl (C=O) groups is 1. The molecule has 0 aliphatic heterocycles. The molecule has 0 radical (unpaired) electrons. The molecule has 2 N–H and O–H groups in total. The van der Waals surface area contributed by atoms with Gasteiger partial charge >= 0.3 is 0 Å². The van der Waals surface area contributed by atoms with Crippen molar-refractivity contribution in [3.8, 4) is 11.1 Å². The first kappa shape index (κ1) is 18.3. The van der Waals surface area contributed by atoms with Crippen LogP contribution in [-0.2, 0) is 6.54 Å². The van der Waals surface area contributed by atoms with Crippen LogP contribution < -0.4 is 10.6 Å². The highest BCUT2D eigenvalue weighted by atomic mass is 16.1. The molecule has 5 nitrogen and oxygen atoms in total. The second-order valence-corrected chi connectivity index (χ2v) is 7.62. The maximum absolute atomic E-state index is 12.3. The number of anilines is 1. The molecule has 5 heteroatoms. The van der Waals surface area contributed by atoms with Gasteiger partial charge in [-0.2, -0.15) is 0 Å². The number of rotatable bonds is 6. The third-order valence-corrected chi connectivity index (χ3v) is 5.30. The summed E-state index contributed by atoms with van der Waals surface area (Å²) in [7, 11) is 0. The molecule has 5 rings (SSSR count). The maximum Gasteiger partial charge on any atom is 0.251 e. The van der Waals surface area contributed by atoms with Crippen LogP contribution in [0.2, 0.25) is 0 Å². The van der Waals surface area contributed by atoms with E-state index in [4.69, 9.17) is 0 Å². The highest BCUT2D eigenvalue weighted by Gasteiger charge is 2.22. The summed E-state index contributed by atoms with van der Waals surface area (Å²) >= 11 is 0. The summed E-state index contributed by atoms with van der Waals surface area (Å²) in [6.45, 7) is 0.479. The SMILES string of the molecule is O=C(NCc1cccc(-c2ccc3ncnc(NC4CC4)c3c2)c1)c1ccccc1. The van der Waals surface area contributed by atoms with E-state index < -0.39 is 0 Å².